The van der Waals surface area contributed by atoms with Gasteiger partial charge in [0.25, 0.3) is 11.6 Å². The van der Waals surface area contributed by atoms with Crippen molar-refractivity contribution >= 4 is 23.6 Å². The largest absolute Gasteiger partial charge is 0.454 e. The van der Waals surface area contributed by atoms with Crippen molar-refractivity contribution in [3.05, 3.63) is 69.8 Å². The Morgan fingerprint density at radius 3 is 2.79 bits per heavy atom. The van der Waals surface area contributed by atoms with E-state index in [1.807, 2.05) is 0 Å². The molecule has 0 bridgehead atoms. The lowest BCUT2D eigenvalue weighted by Gasteiger charge is -2.12. The van der Waals surface area contributed by atoms with Crippen LogP contribution in [0.15, 0.2) is 48.5 Å². The molecule has 0 saturated heterocycles. The molecule has 2 aromatic rings. The average Bonchev–Trinajstić information content (AvgIpc) is 3.18. The van der Waals surface area contributed by atoms with Crippen LogP contribution in [0, 0.1) is 10.1 Å². The second-order valence-corrected chi connectivity index (χ2v) is 6.13. The monoisotopic (exact) mass is 398 g/mol. The molecule has 0 saturated carbocycles. The molecule has 1 amide bonds. The van der Waals surface area contributed by atoms with Gasteiger partial charge in [0, 0.05) is 18.7 Å². The molecule has 3 rings (SSSR count). The summed E-state index contributed by atoms with van der Waals surface area (Å²) in [4.78, 5) is 34.5. The first kappa shape index (κ1) is 19.9. The van der Waals surface area contributed by atoms with Crippen molar-refractivity contribution in [3.63, 3.8) is 0 Å². The number of para-hydroxylation sites is 1. The zero-order chi connectivity index (χ0) is 20.8. The van der Waals surface area contributed by atoms with Crippen molar-refractivity contribution in [1.29, 1.82) is 0 Å². The number of carbonyl (C=O) groups excluding carboxylic acids is 2. The van der Waals surface area contributed by atoms with Crippen LogP contribution in [-0.2, 0) is 20.9 Å². The summed E-state index contributed by atoms with van der Waals surface area (Å²) in [7, 11) is 0. The van der Waals surface area contributed by atoms with Crippen LogP contribution in [-0.4, -0.2) is 29.7 Å². The van der Waals surface area contributed by atoms with Gasteiger partial charge in [0.15, 0.2) is 17.6 Å². The Bertz CT molecular complexity index is 971. The van der Waals surface area contributed by atoms with E-state index in [0.29, 0.717) is 11.5 Å². The number of fused-ring (bicyclic) bond motifs is 1. The summed E-state index contributed by atoms with van der Waals surface area (Å²) >= 11 is 0. The quantitative estimate of drug-likeness (QED) is 0.330. The molecule has 0 aliphatic carbocycles. The Morgan fingerprint density at radius 1 is 1.24 bits per heavy atom. The third kappa shape index (κ3) is 5.10. The van der Waals surface area contributed by atoms with Gasteiger partial charge in [-0.25, -0.2) is 4.79 Å². The number of amides is 1. The van der Waals surface area contributed by atoms with Gasteiger partial charge in [-0.2, -0.15) is 0 Å². The third-order valence-electron chi connectivity index (χ3n) is 4.10. The summed E-state index contributed by atoms with van der Waals surface area (Å²) in [5.41, 5.74) is 0.929. The van der Waals surface area contributed by atoms with Crippen molar-refractivity contribution in [2.45, 2.75) is 19.6 Å². The molecule has 9 heteroatoms. The van der Waals surface area contributed by atoms with E-state index in [9.17, 15) is 19.7 Å². The van der Waals surface area contributed by atoms with Gasteiger partial charge in [0.1, 0.15) is 0 Å². The number of hydrogen-bond acceptors (Lipinski definition) is 7. The van der Waals surface area contributed by atoms with E-state index in [-0.39, 0.29) is 24.6 Å². The smallest absolute Gasteiger partial charge is 0.331 e. The van der Waals surface area contributed by atoms with Crippen LogP contribution < -0.4 is 14.8 Å². The fourth-order valence-corrected chi connectivity index (χ4v) is 2.60. The number of esters is 1. The molecule has 1 heterocycles. The van der Waals surface area contributed by atoms with E-state index >= 15 is 0 Å². The van der Waals surface area contributed by atoms with E-state index in [1.54, 1.807) is 24.3 Å². The number of nitro groups is 1. The first-order valence-corrected chi connectivity index (χ1v) is 8.72. The average molecular weight is 398 g/mol. The Morgan fingerprint density at radius 2 is 2.00 bits per heavy atom. The molecule has 1 aliphatic rings. The van der Waals surface area contributed by atoms with E-state index in [0.717, 1.165) is 11.6 Å². The minimum atomic E-state index is -1.04. The summed E-state index contributed by atoms with van der Waals surface area (Å²) in [6.45, 7) is 1.83. The SMILES string of the molecule is C[C@@H](OC(=O)/C=C/c1ccccc1[N+](=O)[O-])C(=O)NCc1ccc2c(c1)OCO2. The van der Waals surface area contributed by atoms with Gasteiger partial charge in [-0.05, 0) is 36.8 Å². The molecule has 0 unspecified atom stereocenters. The summed E-state index contributed by atoms with van der Waals surface area (Å²) in [5.74, 6) is -0.00632. The summed E-state index contributed by atoms with van der Waals surface area (Å²) in [6.07, 6.45) is 1.29. The standard InChI is InChI=1S/C20H18N2O7/c1-13(20(24)21-11-14-6-8-17-18(10-14)28-12-27-17)29-19(23)9-7-15-4-2-3-5-16(15)22(25)26/h2-10,13H,11-12H2,1H3,(H,21,24)/b9-7+/t13-/m1/s1. The fourth-order valence-electron chi connectivity index (χ4n) is 2.60. The lowest BCUT2D eigenvalue weighted by molar-refractivity contribution is -0.385. The van der Waals surface area contributed by atoms with E-state index in [4.69, 9.17) is 14.2 Å². The van der Waals surface area contributed by atoms with Crippen molar-refractivity contribution in [3.8, 4) is 11.5 Å². The highest BCUT2D eigenvalue weighted by atomic mass is 16.7. The predicted molar refractivity (Wildman–Crippen MR) is 102 cm³/mol. The van der Waals surface area contributed by atoms with Gasteiger partial charge in [-0.15, -0.1) is 0 Å². The Hall–Kier alpha value is -3.88. The van der Waals surface area contributed by atoms with Gasteiger partial charge >= 0.3 is 5.97 Å². The van der Waals surface area contributed by atoms with Crippen molar-refractivity contribution in [2.75, 3.05) is 6.79 Å². The summed E-state index contributed by atoms with van der Waals surface area (Å²) in [6, 6.07) is 11.3. The second kappa shape index (κ2) is 8.87. The highest BCUT2D eigenvalue weighted by Gasteiger charge is 2.18. The molecule has 1 atom stereocenters. The third-order valence-corrected chi connectivity index (χ3v) is 4.10. The van der Waals surface area contributed by atoms with Crippen LogP contribution in [0.3, 0.4) is 0 Å². The van der Waals surface area contributed by atoms with Crippen LogP contribution in [0.1, 0.15) is 18.1 Å². The Balaban J connectivity index is 1.51. The molecule has 150 valence electrons. The molecule has 2 aromatic carbocycles. The van der Waals surface area contributed by atoms with Crippen molar-refractivity contribution in [1.82, 2.24) is 5.32 Å². The van der Waals surface area contributed by atoms with Crippen LogP contribution in [0.5, 0.6) is 11.5 Å². The number of ether oxygens (including phenoxy) is 3. The summed E-state index contributed by atoms with van der Waals surface area (Å²) in [5, 5.41) is 13.6. The van der Waals surface area contributed by atoms with Gasteiger partial charge in [0.05, 0.1) is 10.5 Å². The molecule has 0 radical (unpaired) electrons. The maximum Gasteiger partial charge on any atom is 0.331 e. The molecule has 1 aliphatic heterocycles. The topological polar surface area (TPSA) is 117 Å². The van der Waals surface area contributed by atoms with Crippen LogP contribution in [0.25, 0.3) is 6.08 Å². The molecule has 1 N–H and O–H groups in total. The molecule has 0 aromatic heterocycles. The van der Waals surface area contributed by atoms with Crippen molar-refractivity contribution < 1.29 is 28.7 Å². The molecule has 0 fully saturated rings. The highest BCUT2D eigenvalue weighted by Crippen LogP contribution is 2.32. The number of benzene rings is 2. The molecular weight excluding hydrogens is 380 g/mol. The minimum absolute atomic E-state index is 0.133. The van der Waals surface area contributed by atoms with E-state index in [2.05, 4.69) is 5.32 Å². The number of nitrogens with zero attached hydrogens (tertiary/aromatic N) is 1. The van der Waals surface area contributed by atoms with Crippen LogP contribution >= 0.6 is 0 Å². The maximum absolute atomic E-state index is 12.1. The minimum Gasteiger partial charge on any atom is -0.454 e. The first-order valence-electron chi connectivity index (χ1n) is 8.72. The lowest BCUT2D eigenvalue weighted by Crippen LogP contribution is -2.35. The zero-order valence-corrected chi connectivity index (χ0v) is 15.5. The number of nitro benzene ring substituents is 1. The van der Waals surface area contributed by atoms with Gasteiger partial charge < -0.3 is 19.5 Å². The first-order chi connectivity index (χ1) is 13.9. The zero-order valence-electron chi connectivity index (χ0n) is 15.5. The predicted octanol–water partition coefficient (Wildman–Crippen LogP) is 2.58. The van der Waals surface area contributed by atoms with Gasteiger partial charge in [-0.3, -0.25) is 14.9 Å². The normalized spacial score (nSPS) is 13.1. The van der Waals surface area contributed by atoms with E-state index in [1.165, 1.54) is 31.2 Å². The number of hydrogen-bond donors (Lipinski definition) is 1. The van der Waals surface area contributed by atoms with Crippen LogP contribution in [0.2, 0.25) is 0 Å². The van der Waals surface area contributed by atoms with Gasteiger partial charge in [0.2, 0.25) is 6.79 Å². The molecule has 9 nitrogen and oxygen atoms in total. The molecule has 29 heavy (non-hydrogen) atoms. The second-order valence-electron chi connectivity index (χ2n) is 6.13. The maximum atomic E-state index is 12.1. The number of nitrogens with one attached hydrogen (secondary N) is 1. The lowest BCUT2D eigenvalue weighted by atomic mass is 10.1. The Labute approximate surface area is 166 Å². The number of carbonyl (C=O) groups is 2. The van der Waals surface area contributed by atoms with Crippen LogP contribution in [0.4, 0.5) is 5.69 Å². The number of rotatable bonds is 7. The Kier molecular flexibility index (Phi) is 6.08. The molecular formula is C20H18N2O7. The highest BCUT2D eigenvalue weighted by molar-refractivity contribution is 5.90. The summed E-state index contributed by atoms with van der Waals surface area (Å²) < 4.78 is 15.5. The van der Waals surface area contributed by atoms with E-state index < -0.39 is 22.9 Å². The van der Waals surface area contributed by atoms with Gasteiger partial charge in [-0.1, -0.05) is 18.2 Å². The van der Waals surface area contributed by atoms with Crippen molar-refractivity contribution in [2.24, 2.45) is 0 Å². The fraction of sp³-hybridized carbons (Fsp3) is 0.200. The molecule has 0 spiro atoms.